The zero-order valence-electron chi connectivity index (χ0n) is 10.9. The molecule has 0 saturated heterocycles. The average molecular weight is 299 g/mol. The van der Waals surface area contributed by atoms with Crippen molar-refractivity contribution in [2.24, 2.45) is 0 Å². The number of rotatable bonds is 2. The molecule has 0 unspecified atom stereocenters. The zero-order valence-corrected chi connectivity index (χ0v) is 11.6. The Morgan fingerprint density at radius 2 is 1.81 bits per heavy atom. The lowest BCUT2D eigenvalue weighted by atomic mass is 10.0. The number of amides is 1. The van der Waals surface area contributed by atoms with Gasteiger partial charge < -0.3 is 11.1 Å². The minimum Gasteiger partial charge on any atom is -0.398 e. The number of benzene rings is 2. The first kappa shape index (κ1) is 13.3. The summed E-state index contributed by atoms with van der Waals surface area (Å²) in [6, 6.07) is 12.7. The first-order valence-electron chi connectivity index (χ1n) is 6.20. The summed E-state index contributed by atoms with van der Waals surface area (Å²) in [5.41, 5.74) is 6.75. The Balaban J connectivity index is 1.96. The highest BCUT2D eigenvalue weighted by atomic mass is 35.5. The van der Waals surface area contributed by atoms with Gasteiger partial charge in [-0.2, -0.15) is 0 Å². The normalized spacial score (nSPS) is 10.5. The van der Waals surface area contributed by atoms with Crippen molar-refractivity contribution < 1.29 is 4.79 Å². The summed E-state index contributed by atoms with van der Waals surface area (Å²) in [5.74, 6) is -0.0134. The van der Waals surface area contributed by atoms with E-state index in [9.17, 15) is 4.79 Å². The first-order valence-corrected chi connectivity index (χ1v) is 6.58. The number of hydrogen-bond acceptors (Lipinski definition) is 4. The third-order valence-electron chi connectivity index (χ3n) is 3.04. The second kappa shape index (κ2) is 5.38. The van der Waals surface area contributed by atoms with E-state index in [2.05, 4.69) is 15.3 Å². The quantitative estimate of drug-likeness (QED) is 0.562. The Kier molecular flexibility index (Phi) is 3.41. The fourth-order valence-corrected chi connectivity index (χ4v) is 2.19. The highest BCUT2D eigenvalue weighted by Crippen LogP contribution is 2.22. The van der Waals surface area contributed by atoms with Gasteiger partial charge in [0.15, 0.2) is 0 Å². The van der Waals surface area contributed by atoms with Crippen LogP contribution in [0.25, 0.3) is 10.8 Å². The largest absolute Gasteiger partial charge is 0.398 e. The van der Waals surface area contributed by atoms with Crippen molar-refractivity contribution in [2.45, 2.75) is 0 Å². The summed E-state index contributed by atoms with van der Waals surface area (Å²) in [6.45, 7) is 0. The van der Waals surface area contributed by atoms with E-state index in [-0.39, 0.29) is 11.1 Å². The molecule has 0 aliphatic heterocycles. The van der Waals surface area contributed by atoms with Crippen LogP contribution < -0.4 is 11.1 Å². The van der Waals surface area contributed by atoms with Crippen molar-refractivity contribution in [3.8, 4) is 0 Å². The van der Waals surface area contributed by atoms with Gasteiger partial charge in [-0.15, -0.1) is 0 Å². The van der Waals surface area contributed by atoms with Gasteiger partial charge >= 0.3 is 0 Å². The standard InChI is InChI=1S/C15H11ClN4O/c16-13-7-14(19-8-18-13)20-15(21)11-5-9-3-1-2-4-10(9)6-12(11)17/h1-8H,17H2,(H,18,19,20,21). The number of anilines is 2. The first-order chi connectivity index (χ1) is 10.1. The van der Waals surface area contributed by atoms with Crippen LogP contribution in [0.3, 0.4) is 0 Å². The number of nitrogens with zero attached hydrogens (tertiary/aromatic N) is 2. The van der Waals surface area contributed by atoms with E-state index in [1.807, 2.05) is 24.3 Å². The molecule has 3 N–H and O–H groups in total. The van der Waals surface area contributed by atoms with Crippen molar-refractivity contribution in [1.29, 1.82) is 0 Å². The summed E-state index contributed by atoms with van der Waals surface area (Å²) in [5, 5.41) is 4.83. The number of nitrogens with two attached hydrogens (primary N) is 1. The number of fused-ring (bicyclic) bond motifs is 1. The molecule has 0 atom stereocenters. The van der Waals surface area contributed by atoms with Gasteiger partial charge in [0.1, 0.15) is 17.3 Å². The molecule has 21 heavy (non-hydrogen) atoms. The molecule has 3 aromatic rings. The predicted octanol–water partition coefficient (Wildman–Crippen LogP) is 3.12. The molecule has 0 bridgehead atoms. The summed E-state index contributed by atoms with van der Waals surface area (Å²) in [4.78, 5) is 20.0. The van der Waals surface area contributed by atoms with E-state index in [0.29, 0.717) is 17.1 Å². The molecule has 0 aliphatic rings. The molecule has 0 aliphatic carbocycles. The molecule has 1 heterocycles. The summed E-state index contributed by atoms with van der Waals surface area (Å²) in [6.07, 6.45) is 1.28. The maximum Gasteiger partial charge on any atom is 0.258 e. The van der Waals surface area contributed by atoms with Gasteiger partial charge in [0.2, 0.25) is 0 Å². The number of carbonyl (C=O) groups excluding carboxylic acids is 1. The molecule has 0 spiro atoms. The van der Waals surface area contributed by atoms with Crippen molar-refractivity contribution >= 4 is 39.8 Å². The lowest BCUT2D eigenvalue weighted by Crippen LogP contribution is -2.15. The topological polar surface area (TPSA) is 80.9 Å². The lowest BCUT2D eigenvalue weighted by Gasteiger charge is -2.08. The molecule has 1 amide bonds. The Morgan fingerprint density at radius 1 is 1.10 bits per heavy atom. The van der Waals surface area contributed by atoms with Gasteiger partial charge in [0, 0.05) is 11.8 Å². The van der Waals surface area contributed by atoms with Crippen LogP contribution >= 0.6 is 11.6 Å². The number of nitrogens with one attached hydrogen (secondary N) is 1. The van der Waals surface area contributed by atoms with E-state index in [4.69, 9.17) is 17.3 Å². The van der Waals surface area contributed by atoms with Crippen molar-refractivity contribution in [2.75, 3.05) is 11.1 Å². The van der Waals surface area contributed by atoms with Gasteiger partial charge in [-0.05, 0) is 22.9 Å². The maximum absolute atomic E-state index is 12.3. The maximum atomic E-state index is 12.3. The SMILES string of the molecule is Nc1cc2ccccc2cc1C(=O)Nc1cc(Cl)ncn1. The molecular weight excluding hydrogens is 288 g/mol. The van der Waals surface area contributed by atoms with E-state index in [1.165, 1.54) is 12.4 Å². The van der Waals surface area contributed by atoms with Gasteiger partial charge in [-0.3, -0.25) is 4.79 Å². The number of nitrogen functional groups attached to an aromatic ring is 1. The summed E-state index contributed by atoms with van der Waals surface area (Å²) >= 11 is 5.76. The second-order valence-electron chi connectivity index (χ2n) is 4.47. The Labute approximate surface area is 125 Å². The number of hydrogen-bond donors (Lipinski definition) is 2. The molecule has 0 fully saturated rings. The van der Waals surface area contributed by atoms with E-state index < -0.39 is 0 Å². The Bertz CT molecular complexity index is 835. The van der Waals surface area contributed by atoms with E-state index >= 15 is 0 Å². The fourth-order valence-electron chi connectivity index (χ4n) is 2.04. The summed E-state index contributed by atoms with van der Waals surface area (Å²) < 4.78 is 0. The third-order valence-corrected chi connectivity index (χ3v) is 3.24. The van der Waals surface area contributed by atoms with Crippen LogP contribution in [0.1, 0.15) is 10.4 Å². The van der Waals surface area contributed by atoms with Crippen LogP contribution in [0, 0.1) is 0 Å². The highest BCUT2D eigenvalue weighted by Gasteiger charge is 2.12. The smallest absolute Gasteiger partial charge is 0.258 e. The molecule has 6 heteroatoms. The highest BCUT2D eigenvalue weighted by molar-refractivity contribution is 6.29. The molecule has 1 aromatic heterocycles. The molecule has 0 radical (unpaired) electrons. The average Bonchev–Trinajstić information content (AvgIpc) is 2.46. The van der Waals surface area contributed by atoms with Crippen LogP contribution in [0.4, 0.5) is 11.5 Å². The predicted molar refractivity (Wildman–Crippen MR) is 83.4 cm³/mol. The Morgan fingerprint density at radius 3 is 2.52 bits per heavy atom. The molecule has 3 rings (SSSR count). The van der Waals surface area contributed by atoms with Gasteiger partial charge in [-0.1, -0.05) is 35.9 Å². The number of aromatic nitrogens is 2. The van der Waals surface area contributed by atoms with Crippen LogP contribution in [-0.4, -0.2) is 15.9 Å². The lowest BCUT2D eigenvalue weighted by molar-refractivity contribution is 0.102. The third kappa shape index (κ3) is 2.78. The number of halogens is 1. The Hall–Kier alpha value is -2.66. The molecule has 0 saturated carbocycles. The van der Waals surface area contributed by atoms with Crippen LogP contribution in [0.5, 0.6) is 0 Å². The van der Waals surface area contributed by atoms with Crippen molar-refractivity contribution in [1.82, 2.24) is 9.97 Å². The summed E-state index contributed by atoms with van der Waals surface area (Å²) in [7, 11) is 0. The monoisotopic (exact) mass is 298 g/mol. The minimum atomic E-state index is -0.340. The molecule has 104 valence electrons. The van der Waals surface area contributed by atoms with Crippen molar-refractivity contribution in [3.63, 3.8) is 0 Å². The molecule has 5 nitrogen and oxygen atoms in total. The van der Waals surface area contributed by atoms with Crippen LogP contribution in [0.15, 0.2) is 48.8 Å². The zero-order chi connectivity index (χ0) is 14.8. The van der Waals surface area contributed by atoms with Crippen LogP contribution in [0.2, 0.25) is 5.15 Å². The van der Waals surface area contributed by atoms with Gasteiger partial charge in [0.05, 0.1) is 5.56 Å². The van der Waals surface area contributed by atoms with E-state index in [0.717, 1.165) is 10.8 Å². The van der Waals surface area contributed by atoms with Gasteiger partial charge in [-0.25, -0.2) is 9.97 Å². The molecule has 2 aromatic carbocycles. The molecular formula is C15H11ClN4O. The number of carbonyl (C=O) groups is 1. The van der Waals surface area contributed by atoms with Crippen LogP contribution in [-0.2, 0) is 0 Å². The van der Waals surface area contributed by atoms with Gasteiger partial charge in [0.25, 0.3) is 5.91 Å². The second-order valence-corrected chi connectivity index (χ2v) is 4.85. The van der Waals surface area contributed by atoms with Crippen molar-refractivity contribution in [3.05, 3.63) is 59.5 Å². The minimum absolute atomic E-state index is 0.256. The van der Waals surface area contributed by atoms with E-state index in [1.54, 1.807) is 12.1 Å². The fraction of sp³-hybridized carbons (Fsp3) is 0.